The van der Waals surface area contributed by atoms with Crippen molar-refractivity contribution >= 4 is 5.69 Å². The molecule has 2 aromatic rings. The molecule has 1 N–H and O–H groups in total. The van der Waals surface area contributed by atoms with Gasteiger partial charge in [0, 0.05) is 51.5 Å². The second-order valence-electron chi connectivity index (χ2n) is 6.60. The Labute approximate surface area is 151 Å². The number of phenolic OH excluding ortho intramolecular Hbond substituents is 1. The van der Waals surface area contributed by atoms with E-state index in [1.807, 2.05) is 12.1 Å². The smallest absolute Gasteiger partial charge is 0.347 e. The average molecular weight is 359 g/mol. The number of aromatic hydroxyl groups is 1. The summed E-state index contributed by atoms with van der Waals surface area (Å²) in [4.78, 5) is 27.9. The first kappa shape index (κ1) is 18.2. The maximum atomic E-state index is 11.9. The first-order valence-electron chi connectivity index (χ1n) is 8.94. The van der Waals surface area contributed by atoms with Crippen LogP contribution in [-0.2, 0) is 13.6 Å². The molecule has 0 bridgehead atoms. The largest absolute Gasteiger partial charge is 0.508 e. The normalized spacial score (nSPS) is 15.3. The standard InChI is InChI=1S/C18H25N5O3/c1-20-17(25)14-19-23(18(20)26)8-3-2-7-21-9-11-22(12-10-21)15-5-4-6-16(24)13-15/h4-6,13-14,24H,2-3,7-12H2,1H3. The van der Waals surface area contributed by atoms with Gasteiger partial charge in [-0.2, -0.15) is 5.10 Å². The molecule has 1 saturated heterocycles. The topological polar surface area (TPSA) is 83.6 Å². The number of rotatable bonds is 6. The van der Waals surface area contributed by atoms with E-state index >= 15 is 0 Å². The second-order valence-corrected chi connectivity index (χ2v) is 6.60. The van der Waals surface area contributed by atoms with Crippen molar-refractivity contribution in [1.29, 1.82) is 0 Å². The van der Waals surface area contributed by atoms with Crippen LogP contribution in [0.4, 0.5) is 5.69 Å². The lowest BCUT2D eigenvalue weighted by molar-refractivity contribution is 0.250. The Morgan fingerprint density at radius 1 is 1.08 bits per heavy atom. The summed E-state index contributed by atoms with van der Waals surface area (Å²) in [6.45, 7) is 5.34. The van der Waals surface area contributed by atoms with E-state index in [0.717, 1.165) is 55.8 Å². The Morgan fingerprint density at radius 2 is 1.81 bits per heavy atom. The Kier molecular flexibility index (Phi) is 5.72. The van der Waals surface area contributed by atoms with E-state index in [0.29, 0.717) is 12.3 Å². The number of anilines is 1. The second kappa shape index (κ2) is 8.18. The molecule has 0 radical (unpaired) electrons. The number of aryl methyl sites for hydroxylation is 1. The first-order chi connectivity index (χ1) is 12.5. The lowest BCUT2D eigenvalue weighted by atomic mass is 10.2. The molecule has 0 unspecified atom stereocenters. The van der Waals surface area contributed by atoms with Crippen molar-refractivity contribution in [2.24, 2.45) is 7.05 Å². The molecule has 26 heavy (non-hydrogen) atoms. The van der Waals surface area contributed by atoms with Crippen molar-refractivity contribution in [3.63, 3.8) is 0 Å². The number of piperazine rings is 1. The van der Waals surface area contributed by atoms with Gasteiger partial charge in [-0.25, -0.2) is 9.48 Å². The van der Waals surface area contributed by atoms with Crippen molar-refractivity contribution < 1.29 is 5.11 Å². The number of aromatic nitrogens is 3. The van der Waals surface area contributed by atoms with Crippen molar-refractivity contribution in [2.75, 3.05) is 37.6 Å². The van der Waals surface area contributed by atoms with E-state index in [1.165, 1.54) is 17.9 Å². The van der Waals surface area contributed by atoms with E-state index in [9.17, 15) is 14.7 Å². The molecule has 0 aliphatic carbocycles. The van der Waals surface area contributed by atoms with Crippen LogP contribution in [0.1, 0.15) is 12.8 Å². The van der Waals surface area contributed by atoms with Crippen LogP contribution in [0.15, 0.2) is 40.1 Å². The fraction of sp³-hybridized carbons (Fsp3) is 0.500. The summed E-state index contributed by atoms with van der Waals surface area (Å²) in [5, 5.41) is 13.5. The van der Waals surface area contributed by atoms with Crippen LogP contribution in [0.3, 0.4) is 0 Å². The van der Waals surface area contributed by atoms with E-state index < -0.39 is 0 Å². The molecule has 1 aliphatic rings. The summed E-state index contributed by atoms with van der Waals surface area (Å²) >= 11 is 0. The molecule has 3 rings (SSSR count). The van der Waals surface area contributed by atoms with E-state index in [2.05, 4.69) is 14.9 Å². The zero-order chi connectivity index (χ0) is 18.5. The van der Waals surface area contributed by atoms with Gasteiger partial charge in [0.15, 0.2) is 0 Å². The number of benzene rings is 1. The number of hydrogen-bond acceptors (Lipinski definition) is 6. The molecule has 1 aromatic heterocycles. The third-order valence-corrected chi connectivity index (χ3v) is 4.81. The van der Waals surface area contributed by atoms with Gasteiger partial charge < -0.3 is 10.0 Å². The highest BCUT2D eigenvalue weighted by molar-refractivity contribution is 5.50. The maximum absolute atomic E-state index is 11.9. The first-order valence-corrected chi connectivity index (χ1v) is 8.94. The van der Waals surface area contributed by atoms with Gasteiger partial charge in [-0.15, -0.1) is 0 Å². The van der Waals surface area contributed by atoms with Crippen LogP contribution in [0, 0.1) is 0 Å². The monoisotopic (exact) mass is 359 g/mol. The molecular weight excluding hydrogens is 334 g/mol. The van der Waals surface area contributed by atoms with Crippen molar-refractivity contribution in [3.05, 3.63) is 51.3 Å². The zero-order valence-electron chi connectivity index (χ0n) is 15.0. The predicted octanol–water partition coefficient (Wildman–Crippen LogP) is 0.250. The SMILES string of the molecule is Cn1c(=O)cnn(CCCCN2CCN(c3cccc(O)c3)CC2)c1=O. The lowest BCUT2D eigenvalue weighted by Crippen LogP contribution is -2.46. The van der Waals surface area contributed by atoms with Gasteiger partial charge in [0.2, 0.25) is 0 Å². The van der Waals surface area contributed by atoms with Crippen LogP contribution in [0.2, 0.25) is 0 Å². The van der Waals surface area contributed by atoms with Crippen LogP contribution in [0.25, 0.3) is 0 Å². The molecule has 0 saturated carbocycles. The lowest BCUT2D eigenvalue weighted by Gasteiger charge is -2.36. The van der Waals surface area contributed by atoms with Crippen LogP contribution < -0.4 is 16.1 Å². The molecule has 8 heteroatoms. The molecule has 0 spiro atoms. The minimum Gasteiger partial charge on any atom is -0.508 e. The number of nitrogens with zero attached hydrogens (tertiary/aromatic N) is 5. The molecule has 1 aromatic carbocycles. The minimum absolute atomic E-state index is 0.298. The van der Waals surface area contributed by atoms with Crippen LogP contribution >= 0.6 is 0 Å². The molecule has 8 nitrogen and oxygen atoms in total. The average Bonchev–Trinajstić information content (AvgIpc) is 2.65. The fourth-order valence-electron chi connectivity index (χ4n) is 3.19. The van der Waals surface area contributed by atoms with Crippen molar-refractivity contribution in [3.8, 4) is 5.75 Å². The molecule has 2 heterocycles. The molecule has 0 amide bonds. The number of unbranched alkanes of at least 4 members (excludes halogenated alkanes) is 1. The van der Waals surface area contributed by atoms with Crippen molar-refractivity contribution in [2.45, 2.75) is 19.4 Å². The van der Waals surface area contributed by atoms with Gasteiger partial charge in [0.25, 0.3) is 5.56 Å². The zero-order valence-corrected chi connectivity index (χ0v) is 15.0. The van der Waals surface area contributed by atoms with Crippen LogP contribution in [-0.4, -0.2) is 57.1 Å². The van der Waals surface area contributed by atoms with Crippen LogP contribution in [0.5, 0.6) is 5.75 Å². The maximum Gasteiger partial charge on any atom is 0.347 e. The minimum atomic E-state index is -0.379. The van der Waals surface area contributed by atoms with E-state index in [1.54, 1.807) is 12.1 Å². The Bertz CT molecular complexity index is 852. The van der Waals surface area contributed by atoms with Gasteiger partial charge in [0.1, 0.15) is 11.9 Å². The summed E-state index contributed by atoms with van der Waals surface area (Å²) in [5.74, 6) is 0.298. The molecule has 1 aliphatic heterocycles. The van der Waals surface area contributed by atoms with E-state index in [-0.39, 0.29) is 11.2 Å². The van der Waals surface area contributed by atoms with Gasteiger partial charge in [0.05, 0.1) is 0 Å². The molecule has 1 fully saturated rings. The fourth-order valence-corrected chi connectivity index (χ4v) is 3.19. The third-order valence-electron chi connectivity index (χ3n) is 4.81. The molecule has 140 valence electrons. The number of phenols is 1. The highest BCUT2D eigenvalue weighted by atomic mass is 16.3. The van der Waals surface area contributed by atoms with Gasteiger partial charge in [-0.3, -0.25) is 14.3 Å². The summed E-state index contributed by atoms with van der Waals surface area (Å²) in [6.07, 6.45) is 3.00. The Hall–Kier alpha value is -2.61. The van der Waals surface area contributed by atoms with Gasteiger partial charge >= 0.3 is 5.69 Å². The summed E-state index contributed by atoms with van der Waals surface area (Å²) in [6, 6.07) is 7.37. The van der Waals surface area contributed by atoms with Gasteiger partial charge in [-0.05, 0) is 31.5 Å². The highest BCUT2D eigenvalue weighted by Gasteiger charge is 2.17. The molecule has 0 atom stereocenters. The third kappa shape index (κ3) is 4.32. The van der Waals surface area contributed by atoms with Crippen molar-refractivity contribution in [1.82, 2.24) is 19.2 Å². The quantitative estimate of drug-likeness (QED) is 0.745. The Morgan fingerprint density at radius 3 is 2.54 bits per heavy atom. The number of hydrogen-bond donors (Lipinski definition) is 1. The summed E-state index contributed by atoms with van der Waals surface area (Å²) in [7, 11) is 1.47. The predicted molar refractivity (Wildman–Crippen MR) is 99.7 cm³/mol. The highest BCUT2D eigenvalue weighted by Crippen LogP contribution is 2.21. The van der Waals surface area contributed by atoms with Gasteiger partial charge in [-0.1, -0.05) is 6.07 Å². The summed E-state index contributed by atoms with van der Waals surface area (Å²) < 4.78 is 2.43. The summed E-state index contributed by atoms with van der Waals surface area (Å²) in [5.41, 5.74) is 0.317. The Balaban J connectivity index is 1.41. The molecular formula is C18H25N5O3. The van der Waals surface area contributed by atoms with E-state index in [4.69, 9.17) is 0 Å².